The van der Waals surface area contributed by atoms with Gasteiger partial charge in [0.25, 0.3) is 0 Å². The number of nitrogens with one attached hydrogen (secondary N) is 2. The maximum atomic E-state index is 12.7. The number of hydrogen-bond donors (Lipinski definition) is 7. The SMILES string of the molecule is CC(=O)C1CCCN1C(=O)NCc1nc([C@@H](N)CCCCN)no1.CC(=O)C1CCCN1C(=O)N[C@@H](CCC(=O)O)c1nc([C@@H](N)CCC(N)=O)no1. The number of likely N-dealkylation sites (tertiary alicyclic amines) is 2. The van der Waals surface area contributed by atoms with Crippen LogP contribution in [0.5, 0.6) is 0 Å². The van der Waals surface area contributed by atoms with Gasteiger partial charge in [-0.2, -0.15) is 9.97 Å². The Kier molecular flexibility index (Phi) is 16.7. The molecule has 0 saturated carbocycles. The molecule has 53 heavy (non-hydrogen) atoms. The molecule has 2 aromatic rings. The van der Waals surface area contributed by atoms with E-state index in [0.29, 0.717) is 50.6 Å². The van der Waals surface area contributed by atoms with E-state index >= 15 is 0 Å². The van der Waals surface area contributed by atoms with Gasteiger partial charge in [-0.3, -0.25) is 19.2 Å². The van der Waals surface area contributed by atoms with Crippen molar-refractivity contribution in [2.75, 3.05) is 19.6 Å². The van der Waals surface area contributed by atoms with Crippen molar-refractivity contribution in [1.82, 2.24) is 40.7 Å². The number of carboxylic acids is 1. The Hall–Kier alpha value is -5.02. The van der Waals surface area contributed by atoms with Gasteiger partial charge in [0.05, 0.1) is 30.7 Å². The second-order valence-corrected chi connectivity index (χ2v) is 13.1. The maximum absolute atomic E-state index is 12.7. The van der Waals surface area contributed by atoms with Crippen LogP contribution in [0.2, 0.25) is 0 Å². The summed E-state index contributed by atoms with van der Waals surface area (Å²) in [6, 6.07) is -3.50. The number of primary amides is 1. The molecule has 5 amide bonds. The van der Waals surface area contributed by atoms with E-state index in [1.54, 1.807) is 4.90 Å². The largest absolute Gasteiger partial charge is 0.481 e. The van der Waals surface area contributed by atoms with Crippen molar-refractivity contribution in [2.45, 2.75) is 121 Å². The number of carbonyl (C=O) groups excluding carboxylic acids is 5. The predicted octanol–water partition coefficient (Wildman–Crippen LogP) is 0.465. The van der Waals surface area contributed by atoms with Crippen molar-refractivity contribution >= 4 is 35.5 Å². The molecule has 2 aliphatic heterocycles. The van der Waals surface area contributed by atoms with Gasteiger partial charge in [-0.05, 0) is 71.8 Å². The van der Waals surface area contributed by atoms with E-state index in [1.807, 2.05) is 0 Å². The number of ketones is 2. The van der Waals surface area contributed by atoms with Crippen LogP contribution in [0.15, 0.2) is 9.05 Å². The molecule has 21 heteroatoms. The van der Waals surface area contributed by atoms with Gasteiger partial charge in [0, 0.05) is 25.9 Å². The van der Waals surface area contributed by atoms with Crippen LogP contribution in [0, 0.1) is 0 Å². The van der Waals surface area contributed by atoms with E-state index < -0.39 is 36.0 Å². The third kappa shape index (κ3) is 13.2. The molecule has 0 spiro atoms. The van der Waals surface area contributed by atoms with Crippen LogP contribution >= 0.6 is 0 Å². The second-order valence-electron chi connectivity index (χ2n) is 13.1. The zero-order valence-corrected chi connectivity index (χ0v) is 30.2. The molecule has 0 bridgehead atoms. The Morgan fingerprint density at radius 3 is 2.00 bits per heavy atom. The molecule has 11 N–H and O–H groups in total. The Morgan fingerprint density at radius 1 is 0.830 bits per heavy atom. The number of hydrogen-bond acceptors (Lipinski definition) is 15. The average Bonchev–Trinajstić information content (AvgIpc) is 3.94. The third-order valence-electron chi connectivity index (χ3n) is 8.87. The number of amides is 5. The molecule has 4 heterocycles. The van der Waals surface area contributed by atoms with Crippen molar-refractivity contribution in [1.29, 1.82) is 0 Å². The number of carbonyl (C=O) groups is 6. The third-order valence-corrected chi connectivity index (χ3v) is 8.87. The van der Waals surface area contributed by atoms with Gasteiger partial charge in [-0.25, -0.2) is 9.59 Å². The van der Waals surface area contributed by atoms with Crippen molar-refractivity contribution in [3.05, 3.63) is 23.4 Å². The number of rotatable bonds is 18. The highest BCUT2D eigenvalue weighted by Crippen LogP contribution is 2.23. The Balaban J connectivity index is 0.000000290. The van der Waals surface area contributed by atoms with E-state index in [-0.39, 0.29) is 73.6 Å². The summed E-state index contributed by atoms with van der Waals surface area (Å²) in [4.78, 5) is 81.3. The molecule has 0 aliphatic carbocycles. The second kappa shape index (κ2) is 20.9. The van der Waals surface area contributed by atoms with Crippen LogP contribution in [0.4, 0.5) is 9.59 Å². The first-order valence-electron chi connectivity index (χ1n) is 17.7. The summed E-state index contributed by atoms with van der Waals surface area (Å²) in [7, 11) is 0. The van der Waals surface area contributed by atoms with Crippen LogP contribution in [-0.2, 0) is 25.7 Å². The minimum atomic E-state index is -1.05. The van der Waals surface area contributed by atoms with Gasteiger partial charge in [0.2, 0.25) is 17.7 Å². The normalized spacial score (nSPS) is 18.4. The fourth-order valence-electron chi connectivity index (χ4n) is 5.97. The zero-order valence-electron chi connectivity index (χ0n) is 30.2. The maximum Gasteiger partial charge on any atom is 0.318 e. The first-order chi connectivity index (χ1) is 25.2. The molecular weight excluding hydrogens is 696 g/mol. The fourth-order valence-corrected chi connectivity index (χ4v) is 5.97. The Morgan fingerprint density at radius 2 is 1.42 bits per heavy atom. The minimum absolute atomic E-state index is 0.00250. The van der Waals surface area contributed by atoms with Crippen molar-refractivity contribution < 1.29 is 42.9 Å². The lowest BCUT2D eigenvalue weighted by atomic mass is 10.1. The highest BCUT2D eigenvalue weighted by atomic mass is 16.5. The van der Waals surface area contributed by atoms with Crippen molar-refractivity contribution in [2.24, 2.45) is 22.9 Å². The monoisotopic (exact) mass is 748 g/mol. The number of unbranched alkanes of at least 4 members (excludes halogenated alkanes) is 1. The molecule has 2 aromatic heterocycles. The lowest BCUT2D eigenvalue weighted by Crippen LogP contribution is -2.46. The summed E-state index contributed by atoms with van der Waals surface area (Å²) >= 11 is 0. The molecular formula is C32H52N12O9. The molecule has 0 aromatic carbocycles. The molecule has 294 valence electrons. The quantitative estimate of drug-likeness (QED) is 0.102. The molecule has 2 saturated heterocycles. The first kappa shape index (κ1) is 42.4. The van der Waals surface area contributed by atoms with E-state index in [4.69, 9.17) is 37.1 Å². The van der Waals surface area contributed by atoms with E-state index in [2.05, 4.69) is 30.9 Å². The molecule has 2 unspecified atom stereocenters. The van der Waals surface area contributed by atoms with E-state index in [1.165, 1.54) is 18.7 Å². The molecule has 2 aliphatic rings. The van der Waals surface area contributed by atoms with Crippen LogP contribution in [0.3, 0.4) is 0 Å². The molecule has 4 rings (SSSR count). The van der Waals surface area contributed by atoms with Gasteiger partial charge in [-0.15, -0.1) is 0 Å². The number of carboxylic acid groups (broad SMARTS) is 1. The van der Waals surface area contributed by atoms with E-state index in [0.717, 1.165) is 25.7 Å². The Labute approximate surface area is 306 Å². The van der Waals surface area contributed by atoms with Gasteiger partial charge in [0.15, 0.2) is 23.2 Å². The fraction of sp³-hybridized carbons (Fsp3) is 0.688. The van der Waals surface area contributed by atoms with Gasteiger partial charge in [0.1, 0.15) is 6.04 Å². The minimum Gasteiger partial charge on any atom is -0.481 e. The topological polar surface area (TPSA) is 335 Å². The number of aliphatic carboxylic acids is 1. The number of Topliss-reactive ketones (excluding diaryl/α,β-unsaturated/α-hetero) is 2. The summed E-state index contributed by atoms with van der Waals surface area (Å²) in [5, 5.41) is 22.0. The zero-order chi connectivity index (χ0) is 39.1. The summed E-state index contributed by atoms with van der Waals surface area (Å²) < 4.78 is 10.3. The average molecular weight is 749 g/mol. The molecule has 5 atom stereocenters. The number of nitrogens with two attached hydrogens (primary N) is 4. The predicted molar refractivity (Wildman–Crippen MR) is 185 cm³/mol. The van der Waals surface area contributed by atoms with Crippen molar-refractivity contribution in [3.8, 4) is 0 Å². The van der Waals surface area contributed by atoms with Gasteiger partial charge >= 0.3 is 18.0 Å². The molecule has 2 fully saturated rings. The molecule has 21 nitrogen and oxygen atoms in total. The Bertz CT molecular complexity index is 1550. The lowest BCUT2D eigenvalue weighted by molar-refractivity contribution is -0.137. The summed E-state index contributed by atoms with van der Waals surface area (Å²) in [5.41, 5.74) is 22.5. The first-order valence-corrected chi connectivity index (χ1v) is 17.7. The van der Waals surface area contributed by atoms with Gasteiger partial charge in [-0.1, -0.05) is 16.7 Å². The standard InChI is InChI=1S/C17H26N6O6.C15H26N6O3/c1-9(24)12-3-2-8-23(12)17(28)20-11(5-7-14(26)27)16-21-15(22-29-16)10(18)4-6-13(19)25;1-10(22)12-6-4-8-21(12)15(23)18-9-13-19-14(20-24-13)11(17)5-2-3-7-16/h10-12H,2-8,18H2,1H3,(H2,19,25)(H,20,28)(H,26,27);11-12H,2-9,16-17H2,1H3,(H,18,23)/t10-,11-,12?;11-,12?/m00/s1. The highest BCUT2D eigenvalue weighted by Gasteiger charge is 2.34. The summed E-state index contributed by atoms with van der Waals surface area (Å²) in [6.45, 7) is 4.69. The van der Waals surface area contributed by atoms with Crippen LogP contribution in [0.1, 0.15) is 126 Å². The van der Waals surface area contributed by atoms with Crippen LogP contribution < -0.4 is 33.6 Å². The van der Waals surface area contributed by atoms with E-state index in [9.17, 15) is 28.8 Å². The summed E-state index contributed by atoms with van der Waals surface area (Å²) in [5.74, 6) is -0.815. The lowest BCUT2D eigenvalue weighted by Gasteiger charge is -2.25. The summed E-state index contributed by atoms with van der Waals surface area (Å²) in [6.07, 6.45) is 5.41. The highest BCUT2D eigenvalue weighted by molar-refractivity contribution is 5.88. The van der Waals surface area contributed by atoms with Gasteiger partial charge < -0.3 is 57.5 Å². The smallest absolute Gasteiger partial charge is 0.318 e. The number of aromatic nitrogens is 4. The number of urea groups is 2. The van der Waals surface area contributed by atoms with Crippen LogP contribution in [-0.4, -0.2) is 102 Å². The molecule has 0 radical (unpaired) electrons. The van der Waals surface area contributed by atoms with Crippen molar-refractivity contribution in [3.63, 3.8) is 0 Å². The van der Waals surface area contributed by atoms with Crippen LogP contribution in [0.25, 0.3) is 0 Å². The number of nitrogens with zero attached hydrogens (tertiary/aromatic N) is 6.